The maximum absolute atomic E-state index is 13.9. The highest BCUT2D eigenvalue weighted by molar-refractivity contribution is 9.10. The molecule has 0 saturated carbocycles. The van der Waals surface area contributed by atoms with Crippen LogP contribution in [0, 0.1) is 0 Å². The molecule has 0 radical (unpaired) electrons. The highest BCUT2D eigenvalue weighted by Crippen LogP contribution is 2.32. The summed E-state index contributed by atoms with van der Waals surface area (Å²) < 4.78 is 40.2. The summed E-state index contributed by atoms with van der Waals surface area (Å²) in [5, 5.41) is 2.05. The second kappa shape index (κ2) is 25.4. The van der Waals surface area contributed by atoms with E-state index >= 15 is 0 Å². The SMILES string of the molecule is Nc1nc(Cc2cc(Br)cs2)c2ncn(CCCCCCCCCCO[C@@H]3O[C@H](COC(=O)c4ccccc4)[C@@H](OC(=O)c4ccccc4)[C@H](OC(=O)c4ccccc4)[C@H]3OC(=O)c3ccccc3)c2n1. The first kappa shape index (κ1) is 50.6. The third-order valence-corrected chi connectivity index (χ3v) is 13.5. The number of nitrogen functional groups attached to an aromatic ring is 1. The number of benzene rings is 4. The van der Waals surface area contributed by atoms with Gasteiger partial charge in [0.15, 0.2) is 30.2 Å². The van der Waals surface area contributed by atoms with Gasteiger partial charge in [-0.05, 0) is 83.4 Å². The van der Waals surface area contributed by atoms with Crippen LogP contribution >= 0.6 is 27.3 Å². The third kappa shape index (κ3) is 14.0. The Bertz CT molecular complexity index is 2840. The lowest BCUT2D eigenvalue weighted by Gasteiger charge is -2.44. The number of esters is 4. The highest BCUT2D eigenvalue weighted by atomic mass is 79.9. The van der Waals surface area contributed by atoms with Gasteiger partial charge in [0.05, 0.1) is 34.3 Å². The molecule has 1 aliphatic heterocycles. The summed E-state index contributed by atoms with van der Waals surface area (Å²) in [7, 11) is 0. The molecule has 2 N–H and O–H groups in total. The fourth-order valence-electron chi connectivity index (χ4n) is 8.23. The van der Waals surface area contributed by atoms with E-state index in [1.165, 1.54) is 0 Å². The first-order valence-electron chi connectivity index (χ1n) is 23.7. The zero-order valence-corrected chi connectivity index (χ0v) is 41.3. The minimum atomic E-state index is -1.49. The lowest BCUT2D eigenvalue weighted by molar-refractivity contribution is -0.298. The van der Waals surface area contributed by atoms with Crippen LogP contribution in [-0.4, -0.2) is 87.3 Å². The van der Waals surface area contributed by atoms with Gasteiger partial charge in [0.25, 0.3) is 0 Å². The van der Waals surface area contributed by atoms with Crippen molar-refractivity contribution in [3.05, 3.63) is 176 Å². The van der Waals surface area contributed by atoms with E-state index in [0.717, 1.165) is 77.7 Å². The van der Waals surface area contributed by atoms with Crippen molar-refractivity contribution in [2.24, 2.45) is 0 Å². The molecule has 0 spiro atoms. The van der Waals surface area contributed by atoms with Crippen molar-refractivity contribution in [3.63, 3.8) is 0 Å². The van der Waals surface area contributed by atoms with E-state index in [9.17, 15) is 19.2 Å². The molecule has 71 heavy (non-hydrogen) atoms. The minimum Gasteiger partial charge on any atom is -0.459 e. The number of fused-ring (bicyclic) bond motifs is 1. The van der Waals surface area contributed by atoms with Gasteiger partial charge >= 0.3 is 23.9 Å². The standard InChI is InChI=1S/C54H54BrN5O10S/c55-40-31-41(71-34-40)32-42-44-48(59-54(56)58-42)60(35-57-44)29-19-5-3-1-2-4-6-20-30-65-53-47(70-52(64)39-27-17-10-18-28-39)46(69-51(63)38-25-15-9-16-26-38)45(68-50(62)37-23-13-8-14-24-37)43(67-53)33-66-49(61)36-21-11-7-12-22-36/h7-18,21-28,31,34-35,43,45-47,53H,1-6,19-20,29-30,32-33H2,(H2,56,58,59)/t43-,45-,46+,47-,53-/m1/s1. The van der Waals surface area contributed by atoms with E-state index in [4.69, 9.17) is 34.2 Å². The molecule has 4 aromatic carbocycles. The van der Waals surface area contributed by atoms with Gasteiger partial charge in [0, 0.05) is 34.3 Å². The van der Waals surface area contributed by atoms with Gasteiger partial charge in [0.2, 0.25) is 5.95 Å². The Morgan fingerprint density at radius 1 is 0.634 bits per heavy atom. The molecular weight excluding hydrogens is 991 g/mol. The van der Waals surface area contributed by atoms with Crippen molar-refractivity contribution < 1.29 is 47.6 Å². The van der Waals surface area contributed by atoms with Gasteiger partial charge in [-0.2, -0.15) is 4.98 Å². The number of anilines is 1. The van der Waals surface area contributed by atoms with Gasteiger partial charge in [-0.15, -0.1) is 11.3 Å². The number of nitrogens with two attached hydrogens (primary N) is 1. The molecule has 1 saturated heterocycles. The van der Waals surface area contributed by atoms with Crippen molar-refractivity contribution in [1.29, 1.82) is 0 Å². The maximum Gasteiger partial charge on any atom is 0.338 e. The number of carbonyl (C=O) groups excluding carboxylic acids is 4. The summed E-state index contributed by atoms with van der Waals surface area (Å²) in [6.07, 6.45) is 3.11. The number of hydrogen-bond acceptors (Lipinski definition) is 15. The highest BCUT2D eigenvalue weighted by Gasteiger charge is 2.53. The molecule has 8 rings (SSSR count). The van der Waals surface area contributed by atoms with Gasteiger partial charge in [-0.25, -0.2) is 29.1 Å². The second-order valence-electron chi connectivity index (χ2n) is 17.0. The monoisotopic (exact) mass is 1040 g/mol. The van der Waals surface area contributed by atoms with Crippen LogP contribution in [0.3, 0.4) is 0 Å². The number of unbranched alkanes of at least 4 members (excludes halogenated alkanes) is 7. The molecule has 0 aliphatic carbocycles. The predicted molar refractivity (Wildman–Crippen MR) is 270 cm³/mol. The van der Waals surface area contributed by atoms with E-state index in [1.54, 1.807) is 133 Å². The Hall–Kier alpha value is -6.79. The predicted octanol–water partition coefficient (Wildman–Crippen LogP) is 10.2. The Kier molecular flexibility index (Phi) is 18.1. The summed E-state index contributed by atoms with van der Waals surface area (Å²) in [6, 6.07) is 35.3. The number of nitrogens with zero attached hydrogens (tertiary/aromatic N) is 4. The van der Waals surface area contributed by atoms with Crippen LogP contribution in [0.15, 0.2) is 144 Å². The average Bonchev–Trinajstić information content (AvgIpc) is 4.01. The number of hydrogen-bond donors (Lipinski definition) is 1. The number of ether oxygens (including phenoxy) is 6. The summed E-state index contributed by atoms with van der Waals surface area (Å²) in [5.41, 5.74) is 9.37. The fourth-order valence-corrected chi connectivity index (χ4v) is 9.68. The maximum atomic E-state index is 13.9. The number of aromatic nitrogens is 4. The number of rotatable bonds is 23. The lowest BCUT2D eigenvalue weighted by atomic mass is 9.97. The van der Waals surface area contributed by atoms with Crippen molar-refractivity contribution in [2.45, 2.75) is 95.0 Å². The number of halogens is 1. The quantitative estimate of drug-likeness (QED) is 0.0361. The van der Waals surface area contributed by atoms with Gasteiger partial charge < -0.3 is 38.7 Å². The Balaban J connectivity index is 0.909. The van der Waals surface area contributed by atoms with Crippen molar-refractivity contribution in [3.8, 4) is 0 Å². The van der Waals surface area contributed by atoms with Gasteiger partial charge in [-0.1, -0.05) is 111 Å². The largest absolute Gasteiger partial charge is 0.459 e. The molecule has 1 aliphatic rings. The van der Waals surface area contributed by atoms with Crippen LogP contribution in [0.5, 0.6) is 0 Å². The molecular formula is C54H54BrN5O10S. The molecule has 5 atom stereocenters. The molecule has 0 bridgehead atoms. The van der Waals surface area contributed by atoms with Crippen LogP contribution < -0.4 is 5.73 Å². The van der Waals surface area contributed by atoms with Crippen LogP contribution in [0.1, 0.15) is 103 Å². The van der Waals surface area contributed by atoms with Gasteiger partial charge in [-0.3, -0.25) is 0 Å². The number of carbonyl (C=O) groups is 4. The normalized spacial score (nSPS) is 17.6. The molecule has 368 valence electrons. The molecule has 15 nitrogen and oxygen atoms in total. The number of aryl methyl sites for hydroxylation is 1. The number of imidazole rings is 1. The van der Waals surface area contributed by atoms with Crippen LogP contribution in [0.4, 0.5) is 5.95 Å². The zero-order chi connectivity index (χ0) is 49.4. The average molecular weight is 1050 g/mol. The molecule has 4 heterocycles. The van der Waals surface area contributed by atoms with Crippen LogP contribution in [0.2, 0.25) is 0 Å². The third-order valence-electron chi connectivity index (χ3n) is 11.8. The Morgan fingerprint density at radius 2 is 1.14 bits per heavy atom. The van der Waals surface area contributed by atoms with E-state index in [0.29, 0.717) is 12.8 Å². The topological polar surface area (TPSA) is 193 Å². The number of thiophene rings is 1. The lowest BCUT2D eigenvalue weighted by Crippen LogP contribution is -2.63. The second-order valence-corrected chi connectivity index (χ2v) is 18.9. The summed E-state index contributed by atoms with van der Waals surface area (Å²) in [4.78, 5) is 69.6. The van der Waals surface area contributed by atoms with Crippen molar-refractivity contribution in [1.82, 2.24) is 19.5 Å². The van der Waals surface area contributed by atoms with Gasteiger partial charge in [0.1, 0.15) is 18.2 Å². The van der Waals surface area contributed by atoms with Crippen molar-refractivity contribution >= 4 is 68.3 Å². The van der Waals surface area contributed by atoms with E-state index in [-0.39, 0.29) is 34.8 Å². The first-order chi connectivity index (χ1) is 34.7. The summed E-state index contributed by atoms with van der Waals surface area (Å²) in [5.74, 6) is -2.72. The summed E-state index contributed by atoms with van der Waals surface area (Å²) >= 11 is 5.18. The molecule has 17 heteroatoms. The van der Waals surface area contributed by atoms with E-state index in [1.807, 2.05) is 11.7 Å². The smallest absolute Gasteiger partial charge is 0.338 e. The fraction of sp³-hybridized carbons (Fsp3) is 0.315. The Labute approximate surface area is 423 Å². The molecule has 1 fully saturated rings. The van der Waals surface area contributed by atoms with Crippen LogP contribution in [-0.2, 0) is 41.4 Å². The Morgan fingerprint density at radius 3 is 1.69 bits per heavy atom. The molecule has 7 aromatic rings. The molecule has 3 aromatic heterocycles. The molecule has 0 unspecified atom stereocenters. The summed E-state index contributed by atoms with van der Waals surface area (Å²) in [6.45, 7) is 0.530. The minimum absolute atomic E-state index is 0.188. The van der Waals surface area contributed by atoms with Crippen LogP contribution in [0.25, 0.3) is 11.2 Å². The first-order valence-corrected chi connectivity index (χ1v) is 25.3. The van der Waals surface area contributed by atoms with Crippen molar-refractivity contribution in [2.75, 3.05) is 18.9 Å². The van der Waals surface area contributed by atoms with E-state index in [2.05, 4.69) is 41.5 Å². The molecule has 0 amide bonds. The van der Waals surface area contributed by atoms with E-state index < -0.39 is 61.2 Å². The zero-order valence-electron chi connectivity index (χ0n) is 38.9.